The Morgan fingerprint density at radius 2 is 1.80 bits per heavy atom. The molecule has 8 nitrogen and oxygen atoms in total. The van der Waals surface area contributed by atoms with Crippen molar-refractivity contribution in [1.29, 1.82) is 0 Å². The maximum absolute atomic E-state index is 13.1. The third kappa shape index (κ3) is 4.97. The molecule has 2 saturated carbocycles. The molecule has 7 rings (SSSR count). The SMILES string of the molecule is CC(=O)Nc1nc2c(s1)-c1c(c(C3CC3)nn1-c1ccc(NC(=O)C3CCC(N4CCCC4)CC3)cc1Cl)CC2. The third-order valence-electron chi connectivity index (χ3n) is 8.95. The highest BCUT2D eigenvalue weighted by Crippen LogP contribution is 2.48. The zero-order valence-electron chi connectivity index (χ0n) is 22.8. The molecule has 0 radical (unpaired) electrons. The van der Waals surface area contributed by atoms with E-state index in [4.69, 9.17) is 21.7 Å². The van der Waals surface area contributed by atoms with Gasteiger partial charge in [0.15, 0.2) is 5.13 Å². The van der Waals surface area contributed by atoms with Crippen molar-refractivity contribution in [2.24, 2.45) is 5.92 Å². The molecule has 0 bridgehead atoms. The van der Waals surface area contributed by atoms with Crippen molar-refractivity contribution in [2.75, 3.05) is 23.7 Å². The Labute approximate surface area is 243 Å². The summed E-state index contributed by atoms with van der Waals surface area (Å²) < 4.78 is 1.96. The van der Waals surface area contributed by atoms with Crippen LogP contribution in [0.15, 0.2) is 18.2 Å². The van der Waals surface area contributed by atoms with Crippen LogP contribution in [-0.2, 0) is 22.4 Å². The van der Waals surface area contributed by atoms with Crippen molar-refractivity contribution < 1.29 is 9.59 Å². The van der Waals surface area contributed by atoms with E-state index in [2.05, 4.69) is 15.5 Å². The van der Waals surface area contributed by atoms with Gasteiger partial charge in [0, 0.05) is 36.1 Å². The molecule has 3 aliphatic carbocycles. The first-order chi connectivity index (χ1) is 19.4. The lowest BCUT2D eigenvalue weighted by Crippen LogP contribution is -2.38. The number of benzene rings is 1. The molecular formula is C30H35ClN6O2S. The van der Waals surface area contributed by atoms with Gasteiger partial charge in [-0.05, 0) is 95.5 Å². The molecule has 10 heteroatoms. The van der Waals surface area contributed by atoms with Gasteiger partial charge in [-0.25, -0.2) is 9.67 Å². The smallest absolute Gasteiger partial charge is 0.227 e. The number of amides is 2. The molecule has 0 atom stereocenters. The first-order valence-corrected chi connectivity index (χ1v) is 15.9. The molecule has 40 heavy (non-hydrogen) atoms. The number of fused-ring (bicyclic) bond motifs is 3. The molecule has 3 heterocycles. The van der Waals surface area contributed by atoms with Gasteiger partial charge in [0.1, 0.15) is 0 Å². The molecule has 2 aromatic heterocycles. The highest BCUT2D eigenvalue weighted by molar-refractivity contribution is 7.19. The number of aryl methyl sites for hydroxylation is 1. The fraction of sp³-hybridized carbons (Fsp3) is 0.533. The predicted octanol–water partition coefficient (Wildman–Crippen LogP) is 6.18. The summed E-state index contributed by atoms with van der Waals surface area (Å²) in [6.45, 7) is 3.94. The van der Waals surface area contributed by atoms with Gasteiger partial charge in [0.2, 0.25) is 11.8 Å². The zero-order valence-corrected chi connectivity index (χ0v) is 24.4. The zero-order chi connectivity index (χ0) is 27.4. The number of thiazole rings is 1. The van der Waals surface area contributed by atoms with Crippen LogP contribution in [0.5, 0.6) is 0 Å². The summed E-state index contributed by atoms with van der Waals surface area (Å²) in [4.78, 5) is 33.2. The number of halogens is 1. The second-order valence-electron chi connectivity index (χ2n) is 11.8. The van der Waals surface area contributed by atoms with E-state index in [0.717, 1.165) is 84.7 Å². The standard InChI is InChI=1S/C30H35ClN6O2S/c1-17(38)32-30-34-24-12-11-22-26(18-4-5-18)35-37(27(22)28(24)40-30)25-13-8-20(16-23(25)31)33-29(39)19-6-9-21(10-7-19)36-14-2-3-15-36/h8,13,16,18-19,21H,2-7,9-12,14-15H2,1H3,(H,33,39)(H,32,34,38). The fourth-order valence-corrected chi connectivity index (χ4v) is 8.15. The van der Waals surface area contributed by atoms with E-state index in [-0.39, 0.29) is 17.7 Å². The van der Waals surface area contributed by atoms with Gasteiger partial charge in [0.25, 0.3) is 0 Å². The summed E-state index contributed by atoms with van der Waals surface area (Å²) in [6, 6.07) is 6.37. The number of carbonyl (C=O) groups is 2. The number of hydrogen-bond acceptors (Lipinski definition) is 6. The summed E-state index contributed by atoms with van der Waals surface area (Å²) in [5.74, 6) is 0.520. The monoisotopic (exact) mass is 578 g/mol. The van der Waals surface area contributed by atoms with Gasteiger partial charge in [-0.3, -0.25) is 9.59 Å². The number of anilines is 2. The summed E-state index contributed by atoms with van der Waals surface area (Å²) in [6.07, 6.45) is 10.8. The second kappa shape index (κ2) is 10.6. The van der Waals surface area contributed by atoms with Crippen molar-refractivity contribution in [3.63, 3.8) is 0 Å². The Hall–Kier alpha value is -2.75. The number of likely N-dealkylation sites (tertiary alicyclic amines) is 1. The van der Waals surface area contributed by atoms with Crippen LogP contribution in [0.25, 0.3) is 16.3 Å². The molecule has 4 aliphatic rings. The van der Waals surface area contributed by atoms with Crippen LogP contribution < -0.4 is 10.6 Å². The van der Waals surface area contributed by atoms with Gasteiger partial charge >= 0.3 is 0 Å². The third-order valence-corrected chi connectivity index (χ3v) is 10.3. The van der Waals surface area contributed by atoms with Crippen molar-refractivity contribution >= 4 is 45.6 Å². The maximum atomic E-state index is 13.1. The minimum Gasteiger partial charge on any atom is -0.326 e. The van der Waals surface area contributed by atoms with E-state index in [0.29, 0.717) is 22.1 Å². The molecule has 3 aromatic rings. The normalized spacial score (nSPS) is 22.6. The highest BCUT2D eigenvalue weighted by Gasteiger charge is 2.36. The molecule has 0 spiro atoms. The molecule has 1 aromatic carbocycles. The topological polar surface area (TPSA) is 92.1 Å². The van der Waals surface area contributed by atoms with E-state index in [9.17, 15) is 9.59 Å². The average Bonchev–Trinajstić information content (AvgIpc) is 3.31. The van der Waals surface area contributed by atoms with E-state index in [1.807, 2.05) is 22.9 Å². The molecule has 2 N–H and O–H groups in total. The van der Waals surface area contributed by atoms with Crippen molar-refractivity contribution in [1.82, 2.24) is 19.7 Å². The molecule has 1 aliphatic heterocycles. The van der Waals surface area contributed by atoms with Crippen LogP contribution in [0.2, 0.25) is 5.02 Å². The van der Waals surface area contributed by atoms with Gasteiger partial charge in [-0.15, -0.1) is 0 Å². The molecule has 0 unspecified atom stereocenters. The Morgan fingerprint density at radius 3 is 2.50 bits per heavy atom. The number of carbonyl (C=O) groups excluding carboxylic acids is 2. The lowest BCUT2D eigenvalue weighted by atomic mass is 9.85. The van der Waals surface area contributed by atoms with Crippen molar-refractivity contribution in [3.05, 3.63) is 40.2 Å². The predicted molar refractivity (Wildman–Crippen MR) is 159 cm³/mol. The number of nitrogens with one attached hydrogen (secondary N) is 2. The molecular weight excluding hydrogens is 544 g/mol. The molecule has 3 fully saturated rings. The van der Waals surface area contributed by atoms with Gasteiger partial charge in [-0.1, -0.05) is 22.9 Å². The van der Waals surface area contributed by atoms with Crippen LogP contribution in [0.3, 0.4) is 0 Å². The summed E-state index contributed by atoms with van der Waals surface area (Å²) in [5, 5.41) is 12.2. The Kier molecular flexibility index (Phi) is 6.92. The van der Waals surface area contributed by atoms with Gasteiger partial charge in [0.05, 0.1) is 32.7 Å². The van der Waals surface area contributed by atoms with Crippen LogP contribution in [-0.4, -0.2) is 50.6 Å². The van der Waals surface area contributed by atoms with E-state index < -0.39 is 0 Å². The summed E-state index contributed by atoms with van der Waals surface area (Å²) in [5.41, 5.74) is 5.96. The summed E-state index contributed by atoms with van der Waals surface area (Å²) in [7, 11) is 0. The number of nitrogens with zero attached hydrogens (tertiary/aromatic N) is 4. The van der Waals surface area contributed by atoms with Crippen LogP contribution in [0, 0.1) is 5.92 Å². The minimum absolute atomic E-state index is 0.0547. The van der Waals surface area contributed by atoms with Crippen LogP contribution >= 0.6 is 22.9 Å². The number of rotatable bonds is 6. The maximum Gasteiger partial charge on any atom is 0.227 e. The van der Waals surface area contributed by atoms with Crippen LogP contribution in [0.4, 0.5) is 10.8 Å². The molecule has 1 saturated heterocycles. The highest BCUT2D eigenvalue weighted by atomic mass is 35.5. The van der Waals surface area contributed by atoms with Gasteiger partial charge in [-0.2, -0.15) is 5.10 Å². The lowest BCUT2D eigenvalue weighted by Gasteiger charge is -2.34. The Balaban J connectivity index is 1.12. The number of aromatic nitrogens is 3. The Bertz CT molecular complexity index is 1460. The second-order valence-corrected chi connectivity index (χ2v) is 13.2. The van der Waals surface area contributed by atoms with E-state index in [1.165, 1.54) is 49.8 Å². The molecule has 2 amide bonds. The fourth-order valence-electron chi connectivity index (χ4n) is 6.77. The minimum atomic E-state index is -0.126. The largest absolute Gasteiger partial charge is 0.326 e. The first kappa shape index (κ1) is 26.2. The first-order valence-electron chi connectivity index (χ1n) is 14.7. The van der Waals surface area contributed by atoms with Crippen molar-refractivity contribution in [2.45, 2.75) is 83.1 Å². The van der Waals surface area contributed by atoms with E-state index in [1.54, 1.807) is 0 Å². The average molecular weight is 579 g/mol. The Morgan fingerprint density at radius 1 is 1.02 bits per heavy atom. The summed E-state index contributed by atoms with van der Waals surface area (Å²) >= 11 is 8.38. The van der Waals surface area contributed by atoms with E-state index >= 15 is 0 Å². The van der Waals surface area contributed by atoms with Gasteiger partial charge < -0.3 is 15.5 Å². The van der Waals surface area contributed by atoms with Crippen molar-refractivity contribution in [3.8, 4) is 16.3 Å². The molecule has 210 valence electrons. The number of hydrogen-bond donors (Lipinski definition) is 2. The lowest BCUT2D eigenvalue weighted by molar-refractivity contribution is -0.121. The quantitative estimate of drug-likeness (QED) is 0.364. The van der Waals surface area contributed by atoms with Crippen LogP contribution in [0.1, 0.15) is 81.2 Å².